The number of hydrogen-bond donors (Lipinski definition) is 2. The third-order valence-electron chi connectivity index (χ3n) is 1.87. The van der Waals surface area contributed by atoms with Crippen molar-refractivity contribution in [3.8, 4) is 5.75 Å². The summed E-state index contributed by atoms with van der Waals surface area (Å²) in [6, 6.07) is 1.37. The highest BCUT2D eigenvalue weighted by atomic mass is 16.5. The second-order valence-electron chi connectivity index (χ2n) is 3.09. The summed E-state index contributed by atoms with van der Waals surface area (Å²) in [5, 5.41) is 17.9. The van der Waals surface area contributed by atoms with E-state index in [2.05, 4.69) is 4.98 Å². The van der Waals surface area contributed by atoms with Crippen LogP contribution in [0.25, 0.3) is 0 Å². The zero-order chi connectivity index (χ0) is 11.3. The molecule has 1 heterocycles. The van der Waals surface area contributed by atoms with Gasteiger partial charge in [-0.3, -0.25) is 4.98 Å². The van der Waals surface area contributed by atoms with Crippen LogP contribution in [0.1, 0.15) is 23.7 Å². The lowest BCUT2D eigenvalue weighted by atomic mass is 10.3. The molecule has 5 heteroatoms. The van der Waals surface area contributed by atoms with Crippen molar-refractivity contribution in [2.45, 2.75) is 19.4 Å². The largest absolute Gasteiger partial charge is 0.489 e. The van der Waals surface area contributed by atoms with Gasteiger partial charge >= 0.3 is 5.97 Å². The molecule has 1 atom stereocenters. The Balaban J connectivity index is 2.62. The Bertz CT molecular complexity index is 340. The molecule has 1 unspecified atom stereocenters. The minimum atomic E-state index is -1.05. The molecule has 0 bridgehead atoms. The molecule has 0 amide bonds. The number of ether oxygens (including phenoxy) is 1. The van der Waals surface area contributed by atoms with Crippen molar-refractivity contribution in [3.05, 3.63) is 24.0 Å². The van der Waals surface area contributed by atoms with Gasteiger partial charge in [-0.05, 0) is 12.5 Å². The van der Waals surface area contributed by atoms with Crippen LogP contribution in [-0.4, -0.2) is 33.9 Å². The van der Waals surface area contributed by atoms with Crippen LogP contribution in [0.5, 0.6) is 5.75 Å². The van der Waals surface area contributed by atoms with Crippen LogP contribution in [0.2, 0.25) is 0 Å². The number of carboxylic acid groups (broad SMARTS) is 1. The highest BCUT2D eigenvalue weighted by Gasteiger charge is 2.06. The molecule has 15 heavy (non-hydrogen) atoms. The van der Waals surface area contributed by atoms with Crippen LogP contribution in [0, 0.1) is 0 Å². The van der Waals surface area contributed by atoms with Gasteiger partial charge in [-0.15, -0.1) is 0 Å². The molecule has 1 rings (SSSR count). The van der Waals surface area contributed by atoms with Gasteiger partial charge in [0.15, 0.2) is 0 Å². The molecule has 82 valence electrons. The van der Waals surface area contributed by atoms with E-state index in [0.717, 1.165) is 0 Å². The van der Waals surface area contributed by atoms with E-state index in [1.54, 1.807) is 0 Å². The second-order valence-corrected chi connectivity index (χ2v) is 3.09. The van der Waals surface area contributed by atoms with Crippen LogP contribution in [-0.2, 0) is 0 Å². The second kappa shape index (κ2) is 5.31. The lowest BCUT2D eigenvalue weighted by molar-refractivity contribution is 0.0695. The van der Waals surface area contributed by atoms with Crippen molar-refractivity contribution in [3.63, 3.8) is 0 Å². The van der Waals surface area contributed by atoms with Crippen LogP contribution in [0.3, 0.4) is 0 Å². The first kappa shape index (κ1) is 11.5. The van der Waals surface area contributed by atoms with Crippen molar-refractivity contribution >= 4 is 5.97 Å². The summed E-state index contributed by atoms with van der Waals surface area (Å²) >= 11 is 0. The van der Waals surface area contributed by atoms with E-state index in [4.69, 9.17) is 9.84 Å². The van der Waals surface area contributed by atoms with Crippen molar-refractivity contribution in [1.29, 1.82) is 0 Å². The third-order valence-corrected chi connectivity index (χ3v) is 1.87. The highest BCUT2D eigenvalue weighted by molar-refractivity contribution is 5.87. The van der Waals surface area contributed by atoms with E-state index < -0.39 is 12.1 Å². The Morgan fingerprint density at radius 1 is 1.60 bits per heavy atom. The number of carboxylic acids is 1. The summed E-state index contributed by atoms with van der Waals surface area (Å²) in [7, 11) is 0. The van der Waals surface area contributed by atoms with Gasteiger partial charge in [-0.1, -0.05) is 6.92 Å². The minimum Gasteiger partial charge on any atom is -0.489 e. The summed E-state index contributed by atoms with van der Waals surface area (Å²) in [6.45, 7) is 1.97. The molecule has 0 fully saturated rings. The summed E-state index contributed by atoms with van der Waals surface area (Å²) in [5.41, 5.74) is 0.0680. The fourth-order valence-corrected chi connectivity index (χ4v) is 0.925. The van der Waals surface area contributed by atoms with Crippen LogP contribution in [0.15, 0.2) is 18.5 Å². The Kier molecular flexibility index (Phi) is 4.05. The summed E-state index contributed by atoms with van der Waals surface area (Å²) < 4.78 is 5.17. The molecule has 0 aliphatic heterocycles. The fourth-order valence-electron chi connectivity index (χ4n) is 0.925. The normalized spacial score (nSPS) is 12.1. The molecule has 0 radical (unpaired) electrons. The van der Waals surface area contributed by atoms with E-state index in [0.29, 0.717) is 12.2 Å². The number of rotatable bonds is 5. The maximum atomic E-state index is 10.6. The van der Waals surface area contributed by atoms with E-state index in [1.165, 1.54) is 18.5 Å². The molecule has 0 aliphatic carbocycles. The van der Waals surface area contributed by atoms with Gasteiger partial charge in [-0.2, -0.15) is 0 Å². The molecule has 5 nitrogen and oxygen atoms in total. The van der Waals surface area contributed by atoms with E-state index in [-0.39, 0.29) is 12.2 Å². The van der Waals surface area contributed by atoms with Crippen LogP contribution in [0.4, 0.5) is 0 Å². The topological polar surface area (TPSA) is 79.7 Å². The summed E-state index contributed by atoms with van der Waals surface area (Å²) in [6.07, 6.45) is 2.70. The Morgan fingerprint density at radius 3 is 2.93 bits per heavy atom. The average Bonchev–Trinajstić information content (AvgIpc) is 2.26. The van der Waals surface area contributed by atoms with Crippen molar-refractivity contribution in [2.24, 2.45) is 0 Å². The van der Waals surface area contributed by atoms with Gasteiger partial charge in [0.05, 0.1) is 17.9 Å². The standard InChI is InChI=1S/C10H13NO4/c1-2-8(12)6-15-9-3-7(10(13)14)4-11-5-9/h3-5,8,12H,2,6H2,1H3,(H,13,14). The number of aliphatic hydroxyl groups excluding tert-OH is 1. The number of aromatic nitrogens is 1. The molecular formula is C10H13NO4. The van der Waals surface area contributed by atoms with Gasteiger partial charge in [-0.25, -0.2) is 4.79 Å². The van der Waals surface area contributed by atoms with Gasteiger partial charge in [0, 0.05) is 6.20 Å². The summed E-state index contributed by atoms with van der Waals surface area (Å²) in [5.74, 6) is -0.702. The number of pyridine rings is 1. The monoisotopic (exact) mass is 211 g/mol. The first-order valence-electron chi connectivity index (χ1n) is 4.62. The predicted molar refractivity (Wildman–Crippen MR) is 53.0 cm³/mol. The van der Waals surface area contributed by atoms with Crippen molar-refractivity contribution in [1.82, 2.24) is 4.98 Å². The number of nitrogens with zero attached hydrogens (tertiary/aromatic N) is 1. The zero-order valence-electron chi connectivity index (χ0n) is 8.38. The van der Waals surface area contributed by atoms with E-state index in [1.807, 2.05) is 6.92 Å². The molecule has 0 aromatic carbocycles. The molecule has 0 aliphatic rings. The van der Waals surface area contributed by atoms with Gasteiger partial charge in [0.25, 0.3) is 0 Å². The van der Waals surface area contributed by atoms with Crippen LogP contribution >= 0.6 is 0 Å². The summed E-state index contributed by atoms with van der Waals surface area (Å²) in [4.78, 5) is 14.3. The molecule has 0 spiro atoms. The number of aliphatic hydroxyl groups is 1. The van der Waals surface area contributed by atoms with Gasteiger partial charge < -0.3 is 14.9 Å². The quantitative estimate of drug-likeness (QED) is 0.757. The molecule has 0 saturated carbocycles. The Labute approximate surface area is 87.3 Å². The maximum absolute atomic E-state index is 10.6. The van der Waals surface area contributed by atoms with Crippen molar-refractivity contribution < 1.29 is 19.7 Å². The first-order valence-corrected chi connectivity index (χ1v) is 4.62. The first-order chi connectivity index (χ1) is 7.13. The lowest BCUT2D eigenvalue weighted by Crippen LogP contribution is -2.16. The molecule has 1 aromatic rings. The van der Waals surface area contributed by atoms with Gasteiger partial charge in [0.1, 0.15) is 12.4 Å². The smallest absolute Gasteiger partial charge is 0.337 e. The predicted octanol–water partition coefficient (Wildman–Crippen LogP) is 0.929. The highest BCUT2D eigenvalue weighted by Crippen LogP contribution is 2.11. The lowest BCUT2D eigenvalue weighted by Gasteiger charge is -2.09. The van der Waals surface area contributed by atoms with E-state index in [9.17, 15) is 9.90 Å². The van der Waals surface area contributed by atoms with Crippen LogP contribution < -0.4 is 4.74 Å². The number of carbonyl (C=O) groups is 1. The maximum Gasteiger partial charge on any atom is 0.337 e. The van der Waals surface area contributed by atoms with Gasteiger partial charge in [0.2, 0.25) is 0 Å². The minimum absolute atomic E-state index is 0.0680. The zero-order valence-corrected chi connectivity index (χ0v) is 8.38. The molecule has 0 saturated heterocycles. The fraction of sp³-hybridized carbons (Fsp3) is 0.400. The third kappa shape index (κ3) is 3.55. The van der Waals surface area contributed by atoms with Crippen molar-refractivity contribution in [2.75, 3.05) is 6.61 Å². The van der Waals surface area contributed by atoms with E-state index >= 15 is 0 Å². The Morgan fingerprint density at radius 2 is 2.33 bits per heavy atom. The number of hydrogen-bond acceptors (Lipinski definition) is 4. The number of aromatic carboxylic acids is 1. The molecule has 2 N–H and O–H groups in total. The SMILES string of the molecule is CCC(O)COc1cncc(C(=O)O)c1. The molecular weight excluding hydrogens is 198 g/mol. The molecule has 1 aromatic heterocycles. The average molecular weight is 211 g/mol. The Hall–Kier alpha value is -1.62.